The Bertz CT molecular complexity index is 921. The van der Waals surface area contributed by atoms with E-state index in [-0.39, 0.29) is 18.9 Å². The number of para-hydroxylation sites is 2. The van der Waals surface area contributed by atoms with Gasteiger partial charge in [0, 0.05) is 18.0 Å². The molecule has 9 heteroatoms. The van der Waals surface area contributed by atoms with Gasteiger partial charge in [-0.2, -0.15) is 0 Å². The van der Waals surface area contributed by atoms with Crippen LogP contribution in [-0.4, -0.2) is 47.4 Å². The van der Waals surface area contributed by atoms with Crippen LogP contribution in [0.4, 0.5) is 5.69 Å². The first-order valence-electron chi connectivity index (χ1n) is 9.07. The summed E-state index contributed by atoms with van der Waals surface area (Å²) in [5.41, 5.74) is 0.477. The molecule has 0 radical (unpaired) electrons. The topological polar surface area (TPSA) is 84.9 Å². The smallest absolute Gasteiger partial charge is 0.232 e. The number of rotatable bonds is 11. The highest BCUT2D eigenvalue weighted by atomic mass is 35.5. The van der Waals surface area contributed by atoms with Gasteiger partial charge < -0.3 is 14.8 Å². The van der Waals surface area contributed by atoms with Gasteiger partial charge in [-0.15, -0.1) is 0 Å². The number of sulfonamides is 1. The molecule has 29 heavy (non-hydrogen) atoms. The van der Waals surface area contributed by atoms with Crippen molar-refractivity contribution in [1.82, 2.24) is 5.32 Å². The number of amides is 1. The van der Waals surface area contributed by atoms with Crippen molar-refractivity contribution < 1.29 is 22.7 Å². The number of halogens is 1. The van der Waals surface area contributed by atoms with Crippen LogP contribution in [-0.2, 0) is 14.8 Å². The molecule has 0 saturated carbocycles. The van der Waals surface area contributed by atoms with E-state index < -0.39 is 10.0 Å². The normalized spacial score (nSPS) is 11.0. The lowest BCUT2D eigenvalue weighted by Gasteiger charge is -2.22. The van der Waals surface area contributed by atoms with Gasteiger partial charge in [0.25, 0.3) is 0 Å². The fraction of sp³-hybridized carbons (Fsp3) is 0.350. The predicted molar refractivity (Wildman–Crippen MR) is 114 cm³/mol. The summed E-state index contributed by atoms with van der Waals surface area (Å²) in [6, 6.07) is 13.9. The number of anilines is 1. The molecular formula is C20H25ClN2O5S. The predicted octanol–water partition coefficient (Wildman–Crippen LogP) is 3.09. The van der Waals surface area contributed by atoms with Gasteiger partial charge in [0.05, 0.1) is 25.6 Å². The molecule has 0 bridgehead atoms. The molecule has 0 unspecified atom stereocenters. The van der Waals surface area contributed by atoms with E-state index in [1.807, 2.05) is 12.1 Å². The van der Waals surface area contributed by atoms with Crippen LogP contribution in [0, 0.1) is 0 Å². The highest BCUT2D eigenvalue weighted by Crippen LogP contribution is 2.25. The van der Waals surface area contributed by atoms with Crippen LogP contribution in [0.1, 0.15) is 12.8 Å². The van der Waals surface area contributed by atoms with Crippen molar-refractivity contribution in [3.8, 4) is 11.5 Å². The number of hydrogen-bond donors (Lipinski definition) is 1. The maximum Gasteiger partial charge on any atom is 0.232 e. The molecule has 2 aromatic rings. The molecule has 2 rings (SSSR count). The summed E-state index contributed by atoms with van der Waals surface area (Å²) < 4.78 is 36.2. The average molecular weight is 441 g/mol. The molecule has 0 fully saturated rings. The fourth-order valence-corrected chi connectivity index (χ4v) is 3.82. The summed E-state index contributed by atoms with van der Waals surface area (Å²) in [4.78, 5) is 12.0. The third kappa shape index (κ3) is 7.47. The maximum atomic E-state index is 12.1. The van der Waals surface area contributed by atoms with Gasteiger partial charge in [-0.1, -0.05) is 29.8 Å². The summed E-state index contributed by atoms with van der Waals surface area (Å²) in [6.07, 6.45) is 1.70. The van der Waals surface area contributed by atoms with E-state index in [1.54, 1.807) is 43.5 Å². The Morgan fingerprint density at radius 2 is 1.86 bits per heavy atom. The highest BCUT2D eigenvalue weighted by molar-refractivity contribution is 7.92. The van der Waals surface area contributed by atoms with Crippen molar-refractivity contribution in [3.05, 3.63) is 53.6 Å². The summed E-state index contributed by atoms with van der Waals surface area (Å²) >= 11 is 5.95. The van der Waals surface area contributed by atoms with Crippen LogP contribution in [0.3, 0.4) is 0 Å². The molecule has 0 atom stereocenters. The average Bonchev–Trinajstić information content (AvgIpc) is 2.68. The number of ether oxygens (including phenoxy) is 2. The molecule has 158 valence electrons. The molecule has 0 aromatic heterocycles. The lowest BCUT2D eigenvalue weighted by Crippen LogP contribution is -2.32. The standard InChI is InChI=1S/C20H25ClN2O5S/c1-27-18-9-3-4-10-19(18)28-14-12-22-20(24)11-6-13-23(29(2,25)26)17-8-5-7-16(21)15-17/h3-5,7-10,15H,6,11-14H2,1-2H3,(H,22,24). The molecule has 0 heterocycles. The first kappa shape index (κ1) is 22.8. The van der Waals surface area contributed by atoms with Crippen LogP contribution in [0.2, 0.25) is 5.02 Å². The minimum absolute atomic E-state index is 0.173. The molecule has 0 aliphatic heterocycles. The monoisotopic (exact) mass is 440 g/mol. The van der Waals surface area contributed by atoms with Gasteiger partial charge in [-0.25, -0.2) is 8.42 Å². The third-order valence-corrected chi connectivity index (χ3v) is 5.44. The minimum Gasteiger partial charge on any atom is -0.493 e. The van der Waals surface area contributed by atoms with E-state index in [2.05, 4.69) is 5.32 Å². The molecule has 7 nitrogen and oxygen atoms in total. The zero-order valence-corrected chi connectivity index (χ0v) is 18.0. The van der Waals surface area contributed by atoms with Crippen molar-refractivity contribution in [1.29, 1.82) is 0 Å². The first-order valence-corrected chi connectivity index (χ1v) is 11.3. The Morgan fingerprint density at radius 1 is 1.14 bits per heavy atom. The van der Waals surface area contributed by atoms with E-state index >= 15 is 0 Å². The SMILES string of the molecule is COc1ccccc1OCCNC(=O)CCCN(c1cccc(Cl)c1)S(C)(=O)=O. The van der Waals surface area contributed by atoms with Gasteiger partial charge in [-0.05, 0) is 36.8 Å². The van der Waals surface area contributed by atoms with Gasteiger partial charge >= 0.3 is 0 Å². The molecule has 2 aromatic carbocycles. The van der Waals surface area contributed by atoms with E-state index in [1.165, 1.54) is 4.31 Å². The van der Waals surface area contributed by atoms with E-state index in [0.717, 1.165) is 6.26 Å². The summed E-state index contributed by atoms with van der Waals surface area (Å²) in [7, 11) is -1.92. The number of hydrogen-bond acceptors (Lipinski definition) is 5. The van der Waals surface area contributed by atoms with E-state index in [0.29, 0.717) is 41.8 Å². The number of nitrogens with zero attached hydrogens (tertiary/aromatic N) is 1. The highest BCUT2D eigenvalue weighted by Gasteiger charge is 2.17. The Morgan fingerprint density at radius 3 is 2.52 bits per heavy atom. The molecule has 0 spiro atoms. The van der Waals surface area contributed by atoms with Gasteiger partial charge in [0.1, 0.15) is 6.61 Å². The second-order valence-electron chi connectivity index (χ2n) is 6.27. The molecule has 1 N–H and O–H groups in total. The van der Waals surface area contributed by atoms with E-state index in [4.69, 9.17) is 21.1 Å². The minimum atomic E-state index is -3.48. The molecule has 0 saturated heterocycles. The molecule has 0 aliphatic rings. The molecular weight excluding hydrogens is 416 g/mol. The number of carbonyl (C=O) groups is 1. The zero-order valence-electron chi connectivity index (χ0n) is 16.4. The number of nitrogens with one attached hydrogen (secondary N) is 1. The van der Waals surface area contributed by atoms with Crippen molar-refractivity contribution in [2.75, 3.05) is 37.4 Å². The Balaban J connectivity index is 1.76. The number of benzene rings is 2. The number of carbonyl (C=O) groups excluding carboxylic acids is 1. The van der Waals surface area contributed by atoms with Gasteiger partial charge in [0.2, 0.25) is 15.9 Å². The van der Waals surface area contributed by atoms with Crippen molar-refractivity contribution in [2.45, 2.75) is 12.8 Å². The van der Waals surface area contributed by atoms with Crippen molar-refractivity contribution in [2.24, 2.45) is 0 Å². The second-order valence-corrected chi connectivity index (χ2v) is 8.61. The fourth-order valence-electron chi connectivity index (χ4n) is 2.68. The third-order valence-electron chi connectivity index (χ3n) is 4.01. The Kier molecular flexibility index (Phi) is 8.60. The van der Waals surface area contributed by atoms with Crippen LogP contribution >= 0.6 is 11.6 Å². The van der Waals surface area contributed by atoms with E-state index in [9.17, 15) is 13.2 Å². The Hall–Kier alpha value is -2.45. The lowest BCUT2D eigenvalue weighted by molar-refractivity contribution is -0.121. The lowest BCUT2D eigenvalue weighted by atomic mass is 10.2. The summed E-state index contributed by atoms with van der Waals surface area (Å²) in [5, 5.41) is 3.21. The number of methoxy groups -OCH3 is 1. The van der Waals surface area contributed by atoms with Crippen LogP contribution in [0.25, 0.3) is 0 Å². The van der Waals surface area contributed by atoms with Gasteiger partial charge in [0.15, 0.2) is 11.5 Å². The first-order chi connectivity index (χ1) is 13.8. The maximum absolute atomic E-state index is 12.1. The molecule has 1 amide bonds. The second kappa shape index (κ2) is 10.9. The van der Waals surface area contributed by atoms with Crippen LogP contribution < -0.4 is 19.1 Å². The zero-order chi connectivity index (χ0) is 21.3. The van der Waals surface area contributed by atoms with Crippen molar-refractivity contribution in [3.63, 3.8) is 0 Å². The molecule has 0 aliphatic carbocycles. The van der Waals surface area contributed by atoms with Crippen LogP contribution in [0.15, 0.2) is 48.5 Å². The summed E-state index contributed by atoms with van der Waals surface area (Å²) in [5.74, 6) is 1.06. The quantitative estimate of drug-likeness (QED) is 0.543. The Labute approximate surface area is 176 Å². The van der Waals surface area contributed by atoms with Gasteiger partial charge in [-0.3, -0.25) is 9.10 Å². The van der Waals surface area contributed by atoms with Crippen LogP contribution in [0.5, 0.6) is 11.5 Å². The largest absolute Gasteiger partial charge is 0.493 e. The summed E-state index contributed by atoms with van der Waals surface area (Å²) in [6.45, 7) is 0.815. The van der Waals surface area contributed by atoms with Crippen molar-refractivity contribution >= 4 is 33.2 Å².